The van der Waals surface area contributed by atoms with Crippen molar-refractivity contribution in [2.24, 2.45) is 29.6 Å². The fourth-order valence-electron chi connectivity index (χ4n) is 6.78. The first-order valence-corrected chi connectivity index (χ1v) is 23.7. The molecule has 3 saturated carbocycles. The molecule has 6 heteroatoms. The van der Waals surface area contributed by atoms with Crippen LogP contribution >= 0.6 is 0 Å². The van der Waals surface area contributed by atoms with Gasteiger partial charge >= 0.3 is 21.7 Å². The Kier molecular flexibility index (Phi) is 26.3. The van der Waals surface area contributed by atoms with Crippen molar-refractivity contribution in [2.75, 3.05) is 0 Å². The summed E-state index contributed by atoms with van der Waals surface area (Å²) in [5, 5.41) is 2.73. The minimum atomic E-state index is -1.19. The zero-order valence-electron chi connectivity index (χ0n) is 29.7. The SMILES string of the molecule is C1=CC2[CH-]C3CCCCC3C2C=C1.C=C(C(=C)[Si](C)(C)C)[Si](C)(C)C.[CH3-].[CH3-].[NH-]C(=O)C1CCCCCCCCCCC1.[SiH4].[Ti+4]. The summed E-state index contributed by atoms with van der Waals surface area (Å²) >= 11 is 0. The predicted octanol–water partition coefficient (Wildman–Crippen LogP) is 11.2. The molecule has 4 aliphatic rings. The van der Waals surface area contributed by atoms with Gasteiger partial charge in [0.05, 0.1) is 22.1 Å². The van der Waals surface area contributed by atoms with Crippen LogP contribution in [0.1, 0.15) is 96.3 Å². The maximum Gasteiger partial charge on any atom is 4.00 e. The van der Waals surface area contributed by atoms with Crippen molar-refractivity contribution >= 4 is 33.0 Å². The third-order valence-electron chi connectivity index (χ3n) is 9.71. The number of fused-ring (bicyclic) bond motifs is 3. The summed E-state index contributed by atoms with van der Waals surface area (Å²) in [4.78, 5) is 11.1. The fraction of sp³-hybridized carbons (Fsp3) is 0.684. The van der Waals surface area contributed by atoms with Crippen LogP contribution in [0.4, 0.5) is 0 Å². The van der Waals surface area contributed by atoms with Crippen LogP contribution in [0, 0.1) is 50.9 Å². The molecule has 1 N–H and O–H groups in total. The van der Waals surface area contributed by atoms with Crippen molar-refractivity contribution in [1.29, 1.82) is 0 Å². The molecule has 0 aromatic rings. The van der Waals surface area contributed by atoms with Gasteiger partial charge in [-0.3, -0.25) is 0 Å². The molecule has 2 nitrogen and oxygen atoms in total. The number of carbonyl (C=O) groups is 1. The summed E-state index contributed by atoms with van der Waals surface area (Å²) in [7, 11) is -2.39. The maximum absolute atomic E-state index is 11.1. The number of nitrogens with one attached hydrogen (secondary N) is 1. The van der Waals surface area contributed by atoms with E-state index in [0.717, 1.165) is 49.4 Å². The van der Waals surface area contributed by atoms with Crippen LogP contribution < -0.4 is 0 Å². The monoisotopic (exact) mass is 691 g/mol. The largest absolute Gasteiger partial charge is 4.00 e. The first-order chi connectivity index (χ1) is 18.8. The Morgan fingerprint density at radius 2 is 1.07 bits per heavy atom. The Balaban J connectivity index is -0.000000551. The van der Waals surface area contributed by atoms with Crippen LogP contribution in [-0.2, 0) is 26.5 Å². The zero-order chi connectivity index (χ0) is 29.8. The molecular weight excluding hydrogens is 619 g/mol. The molecule has 1 amide bonds. The molecule has 0 bridgehead atoms. The number of hydrogen-bond donors (Lipinski definition) is 0. The molecular formula is C38H73NOSi3Ti. The van der Waals surface area contributed by atoms with Gasteiger partial charge in [0.1, 0.15) is 0 Å². The van der Waals surface area contributed by atoms with Crippen molar-refractivity contribution in [3.8, 4) is 0 Å². The van der Waals surface area contributed by atoms with E-state index in [0.29, 0.717) is 0 Å². The van der Waals surface area contributed by atoms with Gasteiger partial charge in [-0.15, -0.1) is 12.0 Å². The van der Waals surface area contributed by atoms with Gasteiger partial charge in [0.25, 0.3) is 0 Å². The first kappa shape index (κ1) is 48.2. The van der Waals surface area contributed by atoms with Crippen LogP contribution in [-0.4, -0.2) is 33.0 Å². The minimum Gasteiger partial charge on any atom is -0.668 e. The Hall–Kier alpha value is -0.205. The summed E-state index contributed by atoms with van der Waals surface area (Å²) in [6, 6.07) is 0. The molecule has 0 radical (unpaired) electrons. The second kappa shape index (κ2) is 24.0. The van der Waals surface area contributed by atoms with Crippen LogP contribution in [0.15, 0.2) is 47.9 Å². The number of amides is 1. The Bertz CT molecular complexity index is 834. The van der Waals surface area contributed by atoms with Gasteiger partial charge in [-0.05, 0) is 29.7 Å². The molecule has 44 heavy (non-hydrogen) atoms. The maximum atomic E-state index is 11.1. The van der Waals surface area contributed by atoms with Gasteiger partial charge in [0, 0.05) is 5.92 Å². The van der Waals surface area contributed by atoms with Gasteiger partial charge in [-0.1, -0.05) is 170 Å². The molecule has 0 aromatic carbocycles. The summed E-state index contributed by atoms with van der Waals surface area (Å²) in [5.74, 6) is 3.28. The number of rotatable bonds is 4. The second-order valence-corrected chi connectivity index (χ2v) is 25.2. The zero-order valence-corrected chi connectivity index (χ0v) is 33.3. The number of carbonyl (C=O) groups excluding carboxylic acids is 1. The summed E-state index contributed by atoms with van der Waals surface area (Å²) in [6.07, 6.45) is 31.2. The van der Waals surface area contributed by atoms with Crippen molar-refractivity contribution in [2.45, 2.75) is 136 Å². The molecule has 4 rings (SSSR count). The van der Waals surface area contributed by atoms with Gasteiger partial charge in [-0.2, -0.15) is 5.92 Å². The quantitative estimate of drug-likeness (QED) is 0.164. The molecule has 0 aromatic heterocycles. The summed E-state index contributed by atoms with van der Waals surface area (Å²) in [5.41, 5.74) is 7.23. The molecule has 4 atom stereocenters. The first-order valence-electron chi connectivity index (χ1n) is 16.7. The Morgan fingerprint density at radius 1 is 0.682 bits per heavy atom. The van der Waals surface area contributed by atoms with E-state index in [2.05, 4.69) is 83.2 Å². The van der Waals surface area contributed by atoms with E-state index >= 15 is 0 Å². The van der Waals surface area contributed by atoms with Crippen molar-refractivity contribution in [3.63, 3.8) is 0 Å². The van der Waals surface area contributed by atoms with E-state index in [1.807, 2.05) is 0 Å². The van der Waals surface area contributed by atoms with Crippen LogP contribution in [0.3, 0.4) is 0 Å². The smallest absolute Gasteiger partial charge is 0.668 e. The topological polar surface area (TPSA) is 40.9 Å². The Morgan fingerprint density at radius 3 is 1.50 bits per heavy atom. The standard InChI is InChI=1S/C13H25NO.C13H17.C10H22Si2.2CH3.H4Si.Ti/c14-13(15)12-10-8-6-4-2-1-3-5-7-9-11-12;1-3-7-12-10(5-1)9-11-6-2-4-8-13(11)12;1-9(11(3,4)5)10(2)12(6,7)8;;;;/h12H,1-11H2,(H2,14,15);1,3,5,7,9-13H,2,4,6,8H2;1-2H2,3-8H3;2*1H3;1H4;/q;-1;;2*-1;;+4/p-1. The van der Waals surface area contributed by atoms with Gasteiger partial charge in [0.2, 0.25) is 0 Å². The molecule has 0 heterocycles. The van der Waals surface area contributed by atoms with Crippen LogP contribution in [0.2, 0.25) is 39.3 Å². The minimum absolute atomic E-state index is 0. The summed E-state index contributed by atoms with van der Waals surface area (Å²) < 4.78 is 0. The van der Waals surface area contributed by atoms with E-state index in [1.54, 1.807) is 0 Å². The van der Waals surface area contributed by atoms with Crippen LogP contribution in [0.5, 0.6) is 0 Å². The van der Waals surface area contributed by atoms with Gasteiger partial charge in [0.15, 0.2) is 0 Å². The molecule has 0 saturated heterocycles. The van der Waals surface area contributed by atoms with Crippen molar-refractivity contribution in [3.05, 3.63) is 74.9 Å². The van der Waals surface area contributed by atoms with Gasteiger partial charge < -0.3 is 31.8 Å². The van der Waals surface area contributed by atoms with Crippen molar-refractivity contribution in [1.82, 2.24) is 0 Å². The molecule has 4 unspecified atom stereocenters. The molecule has 0 spiro atoms. The third kappa shape index (κ3) is 17.1. The van der Waals surface area contributed by atoms with E-state index in [1.165, 1.54) is 81.0 Å². The van der Waals surface area contributed by atoms with E-state index in [-0.39, 0.29) is 59.4 Å². The van der Waals surface area contributed by atoms with Gasteiger partial charge in [-0.25, -0.2) is 0 Å². The van der Waals surface area contributed by atoms with E-state index in [9.17, 15) is 4.79 Å². The molecule has 0 aliphatic heterocycles. The fourth-order valence-corrected chi connectivity index (χ4v) is 10.8. The molecule has 252 valence electrons. The summed E-state index contributed by atoms with van der Waals surface area (Å²) in [6.45, 7) is 22.4. The van der Waals surface area contributed by atoms with E-state index in [4.69, 9.17) is 5.73 Å². The number of hydrogen-bond acceptors (Lipinski definition) is 1. The number of allylic oxidation sites excluding steroid dienone is 6. The normalized spacial score (nSPS) is 25.2. The third-order valence-corrected chi connectivity index (χ3v) is 14.2. The second-order valence-electron chi connectivity index (χ2n) is 15.0. The van der Waals surface area contributed by atoms with E-state index < -0.39 is 16.1 Å². The Labute approximate surface area is 298 Å². The average molecular weight is 692 g/mol. The molecule has 3 fully saturated rings. The predicted molar refractivity (Wildman–Crippen MR) is 208 cm³/mol. The average Bonchev–Trinajstić information content (AvgIpc) is 3.26. The molecule has 4 aliphatic carbocycles. The van der Waals surface area contributed by atoms with Crippen LogP contribution in [0.25, 0.3) is 5.73 Å². The van der Waals surface area contributed by atoms with Crippen molar-refractivity contribution < 1.29 is 26.5 Å².